The maximum atomic E-state index is 11.9. The molecule has 2 heterocycles. The van der Waals surface area contributed by atoms with Crippen LogP contribution >= 0.6 is 23.2 Å². The summed E-state index contributed by atoms with van der Waals surface area (Å²) in [5.41, 5.74) is 1.55. The van der Waals surface area contributed by atoms with Crippen molar-refractivity contribution in [2.24, 2.45) is 0 Å². The Morgan fingerprint density at radius 1 is 1.09 bits per heavy atom. The SMILES string of the molecule is Cc1nc(Cn2nc(Cl)ccc2=O)n(-c2ccc(Cl)cc2C)n1. The number of aromatic nitrogens is 5. The Morgan fingerprint density at radius 2 is 1.87 bits per heavy atom. The lowest BCUT2D eigenvalue weighted by molar-refractivity contribution is 0.599. The van der Waals surface area contributed by atoms with Crippen LogP contribution < -0.4 is 5.56 Å². The largest absolute Gasteiger partial charge is 0.268 e. The lowest BCUT2D eigenvalue weighted by Gasteiger charge is -2.10. The number of benzene rings is 1. The minimum atomic E-state index is -0.255. The minimum Gasteiger partial charge on any atom is -0.268 e. The maximum Gasteiger partial charge on any atom is 0.267 e. The van der Waals surface area contributed by atoms with Crippen molar-refractivity contribution in [2.75, 3.05) is 0 Å². The van der Waals surface area contributed by atoms with E-state index < -0.39 is 0 Å². The lowest BCUT2D eigenvalue weighted by Crippen LogP contribution is -2.24. The van der Waals surface area contributed by atoms with Crippen molar-refractivity contribution >= 4 is 23.2 Å². The Bertz CT molecular complexity index is 932. The molecule has 0 N–H and O–H groups in total. The van der Waals surface area contributed by atoms with E-state index in [9.17, 15) is 4.79 Å². The fourth-order valence-corrected chi connectivity index (χ4v) is 2.66. The van der Waals surface area contributed by atoms with Crippen LogP contribution in [-0.2, 0) is 6.54 Å². The topological polar surface area (TPSA) is 65.6 Å². The number of halogens is 2. The molecule has 0 radical (unpaired) electrons. The van der Waals surface area contributed by atoms with Gasteiger partial charge >= 0.3 is 0 Å². The van der Waals surface area contributed by atoms with Crippen LogP contribution in [0.4, 0.5) is 0 Å². The van der Waals surface area contributed by atoms with E-state index in [1.807, 2.05) is 19.1 Å². The molecule has 0 aliphatic rings. The molecule has 0 aliphatic heterocycles. The predicted molar refractivity (Wildman–Crippen MR) is 88.5 cm³/mol. The van der Waals surface area contributed by atoms with Crippen molar-refractivity contribution in [2.45, 2.75) is 20.4 Å². The molecule has 0 atom stereocenters. The second-order valence-corrected chi connectivity index (χ2v) is 5.89. The highest BCUT2D eigenvalue weighted by atomic mass is 35.5. The summed E-state index contributed by atoms with van der Waals surface area (Å²) in [7, 11) is 0. The van der Waals surface area contributed by atoms with Crippen molar-refractivity contribution < 1.29 is 0 Å². The zero-order valence-electron chi connectivity index (χ0n) is 12.5. The molecule has 1 aromatic carbocycles. The van der Waals surface area contributed by atoms with E-state index in [0.29, 0.717) is 16.7 Å². The van der Waals surface area contributed by atoms with E-state index in [-0.39, 0.29) is 17.3 Å². The fourth-order valence-electron chi connectivity index (χ4n) is 2.28. The molecule has 0 spiro atoms. The molecule has 0 fully saturated rings. The summed E-state index contributed by atoms with van der Waals surface area (Å²) in [5.74, 6) is 1.19. The smallest absolute Gasteiger partial charge is 0.267 e. The zero-order chi connectivity index (χ0) is 16.6. The van der Waals surface area contributed by atoms with E-state index in [2.05, 4.69) is 15.2 Å². The summed E-state index contributed by atoms with van der Waals surface area (Å²) in [6.07, 6.45) is 0. The van der Waals surface area contributed by atoms with Gasteiger partial charge in [-0.1, -0.05) is 23.2 Å². The van der Waals surface area contributed by atoms with Crippen molar-refractivity contribution in [3.8, 4) is 5.69 Å². The molecule has 0 unspecified atom stereocenters. The standard InChI is InChI=1S/C15H13Cl2N5O/c1-9-7-11(16)3-4-12(9)22-14(18-10(2)19-22)8-21-15(23)6-5-13(17)20-21/h3-7H,8H2,1-2H3. The van der Waals surface area contributed by atoms with Crippen molar-refractivity contribution in [3.05, 3.63) is 68.1 Å². The fraction of sp³-hybridized carbons (Fsp3) is 0.200. The summed E-state index contributed by atoms with van der Waals surface area (Å²) < 4.78 is 2.95. The first-order valence-corrected chi connectivity index (χ1v) is 7.62. The number of nitrogens with zero attached hydrogens (tertiary/aromatic N) is 5. The average molecular weight is 350 g/mol. The number of aryl methyl sites for hydroxylation is 2. The van der Waals surface area contributed by atoms with Gasteiger partial charge in [0.2, 0.25) is 0 Å². The lowest BCUT2D eigenvalue weighted by atomic mass is 10.2. The molecule has 3 rings (SSSR count). The van der Waals surface area contributed by atoms with Crippen molar-refractivity contribution in [3.63, 3.8) is 0 Å². The van der Waals surface area contributed by atoms with Gasteiger partial charge in [0.1, 0.15) is 17.5 Å². The third-order valence-electron chi connectivity index (χ3n) is 3.29. The van der Waals surface area contributed by atoms with Crippen LogP contribution in [0.1, 0.15) is 17.2 Å². The van der Waals surface area contributed by atoms with Gasteiger partial charge in [0.05, 0.1) is 5.69 Å². The third-order valence-corrected chi connectivity index (χ3v) is 3.73. The van der Waals surface area contributed by atoms with Gasteiger partial charge in [0.15, 0.2) is 5.82 Å². The van der Waals surface area contributed by atoms with Gasteiger partial charge in [-0.25, -0.2) is 14.3 Å². The highest BCUT2D eigenvalue weighted by Gasteiger charge is 2.13. The van der Waals surface area contributed by atoms with Crippen LogP contribution in [0, 0.1) is 13.8 Å². The molecular formula is C15H13Cl2N5O. The Hall–Kier alpha value is -2.18. The summed E-state index contributed by atoms with van der Waals surface area (Å²) in [6, 6.07) is 8.33. The Balaban J connectivity index is 2.07. The summed E-state index contributed by atoms with van der Waals surface area (Å²) >= 11 is 11.9. The molecule has 8 heteroatoms. The molecule has 0 saturated heterocycles. The van der Waals surface area contributed by atoms with Gasteiger partial charge < -0.3 is 0 Å². The van der Waals surface area contributed by atoms with Gasteiger partial charge in [-0.05, 0) is 43.7 Å². The van der Waals surface area contributed by atoms with E-state index >= 15 is 0 Å². The Labute approximate surface area is 142 Å². The highest BCUT2D eigenvalue weighted by Crippen LogP contribution is 2.20. The molecule has 0 saturated carbocycles. The third kappa shape index (κ3) is 3.28. The van der Waals surface area contributed by atoms with Crippen LogP contribution in [0.25, 0.3) is 5.69 Å². The predicted octanol–water partition coefficient (Wildman–Crippen LogP) is 2.80. The normalized spacial score (nSPS) is 11.0. The van der Waals surface area contributed by atoms with Gasteiger partial charge in [-0.15, -0.1) is 0 Å². The van der Waals surface area contributed by atoms with E-state index in [1.165, 1.54) is 16.8 Å². The minimum absolute atomic E-state index is 0.169. The second kappa shape index (κ2) is 6.14. The average Bonchev–Trinajstić information content (AvgIpc) is 2.83. The summed E-state index contributed by atoms with van der Waals surface area (Å²) in [4.78, 5) is 16.3. The van der Waals surface area contributed by atoms with Crippen LogP contribution in [0.15, 0.2) is 35.1 Å². The van der Waals surface area contributed by atoms with Crippen LogP contribution in [0.3, 0.4) is 0 Å². The van der Waals surface area contributed by atoms with Gasteiger partial charge in [0.25, 0.3) is 5.56 Å². The first-order valence-electron chi connectivity index (χ1n) is 6.87. The second-order valence-electron chi connectivity index (χ2n) is 5.07. The highest BCUT2D eigenvalue weighted by molar-refractivity contribution is 6.30. The molecular weight excluding hydrogens is 337 g/mol. The molecule has 0 bridgehead atoms. The number of hydrogen-bond acceptors (Lipinski definition) is 4. The first kappa shape index (κ1) is 15.7. The Morgan fingerprint density at radius 3 is 2.61 bits per heavy atom. The molecule has 6 nitrogen and oxygen atoms in total. The van der Waals surface area contributed by atoms with Crippen molar-refractivity contribution in [1.29, 1.82) is 0 Å². The monoisotopic (exact) mass is 349 g/mol. The van der Waals surface area contributed by atoms with Crippen molar-refractivity contribution in [1.82, 2.24) is 24.5 Å². The van der Waals surface area contributed by atoms with Gasteiger partial charge in [-0.2, -0.15) is 10.2 Å². The zero-order valence-corrected chi connectivity index (χ0v) is 14.0. The molecule has 2 aromatic heterocycles. The quantitative estimate of drug-likeness (QED) is 0.729. The molecule has 118 valence electrons. The first-order chi connectivity index (χ1) is 10.9. The van der Waals surface area contributed by atoms with Gasteiger partial charge in [-0.3, -0.25) is 4.79 Å². The molecule has 3 aromatic rings. The van der Waals surface area contributed by atoms with E-state index in [4.69, 9.17) is 23.2 Å². The Kier molecular flexibility index (Phi) is 4.19. The van der Waals surface area contributed by atoms with Crippen LogP contribution in [0.2, 0.25) is 10.2 Å². The molecule has 0 aliphatic carbocycles. The molecule has 23 heavy (non-hydrogen) atoms. The molecule has 0 amide bonds. The van der Waals surface area contributed by atoms with Crippen LogP contribution in [0.5, 0.6) is 0 Å². The summed E-state index contributed by atoms with van der Waals surface area (Å²) in [6.45, 7) is 3.90. The van der Waals surface area contributed by atoms with E-state index in [0.717, 1.165) is 11.3 Å². The van der Waals surface area contributed by atoms with Crippen LogP contribution in [-0.4, -0.2) is 24.5 Å². The van der Waals surface area contributed by atoms with Gasteiger partial charge in [0, 0.05) is 11.1 Å². The number of hydrogen-bond donors (Lipinski definition) is 0. The maximum absolute atomic E-state index is 11.9. The number of rotatable bonds is 3. The summed E-state index contributed by atoms with van der Waals surface area (Å²) in [5, 5.41) is 9.32. The van der Waals surface area contributed by atoms with E-state index in [1.54, 1.807) is 17.7 Å².